The van der Waals surface area contributed by atoms with Crippen LogP contribution in [-0.2, 0) is 0 Å². The lowest BCUT2D eigenvalue weighted by atomic mass is 10.0. The van der Waals surface area contributed by atoms with Gasteiger partial charge in [-0.05, 0) is 58.3 Å². The second-order valence-electron chi connectivity index (χ2n) is 7.41. The summed E-state index contributed by atoms with van der Waals surface area (Å²) < 4.78 is 7.50. The van der Waals surface area contributed by atoms with Crippen LogP contribution in [0.1, 0.15) is 10.4 Å². The highest BCUT2D eigenvalue weighted by molar-refractivity contribution is 5.94. The lowest BCUT2D eigenvalue weighted by molar-refractivity contribution is 0.112. The lowest BCUT2D eigenvalue weighted by Crippen LogP contribution is -2.00. The van der Waals surface area contributed by atoms with Gasteiger partial charge in [-0.2, -0.15) is 0 Å². The largest absolute Gasteiger partial charge is 0.497 e. The molecule has 5 rings (SSSR count). The van der Waals surface area contributed by atoms with Crippen molar-refractivity contribution in [2.24, 2.45) is 0 Å². The molecule has 0 spiro atoms. The van der Waals surface area contributed by atoms with Crippen molar-refractivity contribution in [1.29, 1.82) is 0 Å². The third-order valence-corrected chi connectivity index (χ3v) is 5.58. The van der Waals surface area contributed by atoms with Crippen LogP contribution in [0.25, 0.3) is 39.0 Å². The SMILES string of the molecule is COc1ccc(-n2c(-c3ccccc3)cc(C=O)c2-c2ccc3ccccc3c2)cc1. The van der Waals surface area contributed by atoms with E-state index in [4.69, 9.17) is 4.74 Å². The van der Waals surface area contributed by atoms with Gasteiger partial charge in [0, 0.05) is 11.3 Å². The number of hydrogen-bond acceptors (Lipinski definition) is 2. The number of carbonyl (C=O) groups excluding carboxylic acids is 1. The number of rotatable bonds is 5. The maximum atomic E-state index is 12.2. The molecule has 0 aliphatic heterocycles. The first-order valence-corrected chi connectivity index (χ1v) is 10.2. The van der Waals surface area contributed by atoms with Gasteiger partial charge >= 0.3 is 0 Å². The number of aromatic nitrogens is 1. The van der Waals surface area contributed by atoms with Crippen LogP contribution in [0, 0.1) is 0 Å². The Kier molecular flexibility index (Phi) is 4.85. The summed E-state index contributed by atoms with van der Waals surface area (Å²) in [5.74, 6) is 0.792. The topological polar surface area (TPSA) is 31.2 Å². The van der Waals surface area contributed by atoms with Crippen molar-refractivity contribution in [2.75, 3.05) is 7.11 Å². The number of aldehydes is 1. The third kappa shape index (κ3) is 3.40. The van der Waals surface area contributed by atoms with E-state index < -0.39 is 0 Å². The number of carbonyl (C=O) groups is 1. The van der Waals surface area contributed by atoms with Crippen molar-refractivity contribution in [1.82, 2.24) is 4.57 Å². The van der Waals surface area contributed by atoms with Crippen LogP contribution in [0.2, 0.25) is 0 Å². The maximum Gasteiger partial charge on any atom is 0.152 e. The number of ether oxygens (including phenoxy) is 1. The molecule has 0 aliphatic rings. The van der Waals surface area contributed by atoms with Crippen LogP contribution < -0.4 is 4.74 Å². The van der Waals surface area contributed by atoms with Crippen LogP contribution in [-0.4, -0.2) is 18.0 Å². The Morgan fingerprint density at radius 3 is 2.13 bits per heavy atom. The number of nitrogens with zero attached hydrogens (tertiary/aromatic N) is 1. The Bertz CT molecular complexity index is 1370. The third-order valence-electron chi connectivity index (χ3n) is 5.58. The molecular weight excluding hydrogens is 382 g/mol. The van der Waals surface area contributed by atoms with Crippen molar-refractivity contribution in [3.8, 4) is 34.0 Å². The number of methoxy groups -OCH3 is 1. The Hall–Kier alpha value is -4.11. The summed E-state index contributed by atoms with van der Waals surface area (Å²) in [6.07, 6.45) is 0.941. The predicted molar refractivity (Wildman–Crippen MR) is 126 cm³/mol. The highest BCUT2D eigenvalue weighted by Crippen LogP contribution is 2.36. The summed E-state index contributed by atoms with van der Waals surface area (Å²) in [5, 5.41) is 2.31. The van der Waals surface area contributed by atoms with E-state index in [1.165, 1.54) is 5.39 Å². The van der Waals surface area contributed by atoms with E-state index in [2.05, 4.69) is 47.0 Å². The van der Waals surface area contributed by atoms with E-state index in [1.54, 1.807) is 7.11 Å². The highest BCUT2D eigenvalue weighted by Gasteiger charge is 2.19. The molecule has 0 bridgehead atoms. The van der Waals surface area contributed by atoms with Gasteiger partial charge in [0.25, 0.3) is 0 Å². The minimum absolute atomic E-state index is 0.657. The molecule has 0 unspecified atom stereocenters. The fourth-order valence-corrected chi connectivity index (χ4v) is 4.07. The first-order chi connectivity index (χ1) is 15.3. The normalized spacial score (nSPS) is 10.9. The number of benzene rings is 4. The van der Waals surface area contributed by atoms with Gasteiger partial charge < -0.3 is 9.30 Å². The van der Waals surface area contributed by atoms with E-state index in [9.17, 15) is 4.79 Å². The fraction of sp³-hybridized carbons (Fsp3) is 0.0357. The molecule has 0 saturated carbocycles. The first-order valence-electron chi connectivity index (χ1n) is 10.2. The maximum absolute atomic E-state index is 12.2. The minimum atomic E-state index is 0.657. The molecule has 0 radical (unpaired) electrons. The Balaban J connectivity index is 1.81. The molecule has 0 aliphatic carbocycles. The molecular formula is C28H21NO2. The molecule has 5 aromatic rings. The van der Waals surface area contributed by atoms with Crippen LogP contribution in [0.4, 0.5) is 0 Å². The summed E-state index contributed by atoms with van der Waals surface area (Å²) in [4.78, 5) is 12.2. The van der Waals surface area contributed by atoms with Crippen LogP contribution in [0.3, 0.4) is 0 Å². The molecule has 1 aromatic heterocycles. The second kappa shape index (κ2) is 7.96. The van der Waals surface area contributed by atoms with E-state index in [0.717, 1.165) is 45.6 Å². The molecule has 3 nitrogen and oxygen atoms in total. The van der Waals surface area contributed by atoms with Gasteiger partial charge in [-0.25, -0.2) is 0 Å². The van der Waals surface area contributed by atoms with Crippen LogP contribution in [0.5, 0.6) is 5.75 Å². The van der Waals surface area contributed by atoms with Crippen molar-refractivity contribution in [2.45, 2.75) is 0 Å². The monoisotopic (exact) mass is 403 g/mol. The lowest BCUT2D eigenvalue weighted by Gasteiger charge is -2.16. The van der Waals surface area contributed by atoms with Gasteiger partial charge in [0.1, 0.15) is 5.75 Å². The number of fused-ring (bicyclic) bond motifs is 1. The smallest absolute Gasteiger partial charge is 0.152 e. The molecule has 150 valence electrons. The van der Waals surface area contributed by atoms with Crippen molar-refractivity contribution < 1.29 is 9.53 Å². The van der Waals surface area contributed by atoms with Gasteiger partial charge in [0.15, 0.2) is 6.29 Å². The van der Waals surface area contributed by atoms with Gasteiger partial charge in [0.05, 0.1) is 18.5 Å². The molecule has 0 N–H and O–H groups in total. The average molecular weight is 403 g/mol. The molecule has 31 heavy (non-hydrogen) atoms. The summed E-state index contributed by atoms with van der Waals surface area (Å²) in [6.45, 7) is 0. The zero-order chi connectivity index (χ0) is 21.2. The molecule has 0 fully saturated rings. The zero-order valence-corrected chi connectivity index (χ0v) is 17.2. The van der Waals surface area contributed by atoms with Gasteiger partial charge in [-0.1, -0.05) is 66.7 Å². The predicted octanol–water partition coefficient (Wildman–Crippen LogP) is 6.79. The van der Waals surface area contributed by atoms with E-state index >= 15 is 0 Å². The summed E-state index contributed by atoms with van der Waals surface area (Å²) in [6, 6.07) is 34.6. The zero-order valence-electron chi connectivity index (χ0n) is 17.2. The highest BCUT2D eigenvalue weighted by atomic mass is 16.5. The van der Waals surface area contributed by atoms with E-state index in [1.807, 2.05) is 60.7 Å². The van der Waals surface area contributed by atoms with Crippen LogP contribution in [0.15, 0.2) is 103 Å². The Morgan fingerprint density at radius 1 is 0.710 bits per heavy atom. The van der Waals surface area contributed by atoms with E-state index in [0.29, 0.717) is 5.56 Å². The Labute approximate surface area is 181 Å². The summed E-state index contributed by atoms with van der Waals surface area (Å²) >= 11 is 0. The van der Waals surface area contributed by atoms with Crippen molar-refractivity contribution in [3.63, 3.8) is 0 Å². The number of hydrogen-bond donors (Lipinski definition) is 0. The quantitative estimate of drug-likeness (QED) is 0.303. The average Bonchev–Trinajstić information content (AvgIpc) is 3.24. The van der Waals surface area contributed by atoms with Crippen molar-refractivity contribution in [3.05, 3.63) is 109 Å². The van der Waals surface area contributed by atoms with Gasteiger partial charge in [-0.15, -0.1) is 0 Å². The first kappa shape index (κ1) is 18.9. The molecule has 0 atom stereocenters. The van der Waals surface area contributed by atoms with Gasteiger partial charge in [-0.3, -0.25) is 4.79 Å². The van der Waals surface area contributed by atoms with E-state index in [-0.39, 0.29) is 0 Å². The summed E-state index contributed by atoms with van der Waals surface area (Å²) in [5.41, 5.74) is 5.52. The second-order valence-corrected chi connectivity index (χ2v) is 7.41. The molecule has 0 amide bonds. The van der Waals surface area contributed by atoms with Crippen LogP contribution >= 0.6 is 0 Å². The molecule has 4 aromatic carbocycles. The van der Waals surface area contributed by atoms with Crippen molar-refractivity contribution >= 4 is 17.1 Å². The Morgan fingerprint density at radius 2 is 1.42 bits per heavy atom. The molecule has 1 heterocycles. The molecule has 0 saturated heterocycles. The molecule has 3 heteroatoms. The van der Waals surface area contributed by atoms with Gasteiger partial charge in [0.2, 0.25) is 0 Å². The summed E-state index contributed by atoms with van der Waals surface area (Å²) in [7, 11) is 1.66. The minimum Gasteiger partial charge on any atom is -0.497 e. The fourth-order valence-electron chi connectivity index (χ4n) is 4.07. The standard InChI is InChI=1S/C28H21NO2/c1-31-26-15-13-25(14-16-26)29-27(21-8-3-2-4-9-21)18-24(19-30)28(29)23-12-11-20-7-5-6-10-22(20)17-23/h2-19H,1H3.